The molecule has 8 nitrogen and oxygen atoms in total. The predicted octanol–water partition coefficient (Wildman–Crippen LogP) is 0.809. The van der Waals surface area contributed by atoms with Gasteiger partial charge in [-0.15, -0.1) is 0 Å². The van der Waals surface area contributed by atoms with Gasteiger partial charge in [0.2, 0.25) is 0 Å². The molecule has 0 unspecified atom stereocenters. The predicted molar refractivity (Wildman–Crippen MR) is 98.7 cm³/mol. The van der Waals surface area contributed by atoms with E-state index in [-0.39, 0.29) is 10.9 Å². The van der Waals surface area contributed by atoms with E-state index < -0.39 is 10.1 Å². The Hall–Kier alpha value is -2.91. The van der Waals surface area contributed by atoms with Crippen molar-refractivity contribution in [2.75, 3.05) is 14.1 Å². The van der Waals surface area contributed by atoms with Crippen molar-refractivity contribution in [1.29, 1.82) is 0 Å². The summed E-state index contributed by atoms with van der Waals surface area (Å²) in [6.45, 7) is 1.82. The van der Waals surface area contributed by atoms with Gasteiger partial charge in [0.05, 0.1) is 19.0 Å². The van der Waals surface area contributed by atoms with E-state index in [1.165, 1.54) is 12.1 Å². The Morgan fingerprint density at radius 1 is 1.04 bits per heavy atom. The van der Waals surface area contributed by atoms with Crippen molar-refractivity contribution in [3.8, 4) is 0 Å². The van der Waals surface area contributed by atoms with Gasteiger partial charge in [-0.1, -0.05) is 53.2 Å². The van der Waals surface area contributed by atoms with Crippen molar-refractivity contribution >= 4 is 22.0 Å². The Kier molecular flexibility index (Phi) is 7.76. The van der Waals surface area contributed by atoms with Crippen LogP contribution < -0.4 is 11.5 Å². The Labute approximate surface area is 153 Å². The highest BCUT2D eigenvalue weighted by Gasteiger charge is 2.02. The summed E-state index contributed by atoms with van der Waals surface area (Å²) in [6, 6.07) is 15.3. The Bertz CT molecular complexity index is 873. The number of nitrogens with zero attached hydrogens (tertiary/aromatic N) is 2. The van der Waals surface area contributed by atoms with Crippen LogP contribution in [0.3, 0.4) is 0 Å². The third-order valence-electron chi connectivity index (χ3n) is 3.06. The van der Waals surface area contributed by atoms with Gasteiger partial charge in [0.15, 0.2) is 5.84 Å². The molecule has 0 saturated carbocycles. The monoisotopic (exact) mass is 378 g/mol. The van der Waals surface area contributed by atoms with E-state index in [4.69, 9.17) is 16.3 Å². The van der Waals surface area contributed by atoms with Crippen molar-refractivity contribution in [2.45, 2.75) is 11.8 Å². The molecule has 2 aromatic rings. The first kappa shape index (κ1) is 21.1. The molecule has 0 aliphatic rings. The SMILES string of the molecule is C[N+](C)=C(N)O/N=C(\N)c1ccccc1.Cc1ccc(S(=O)(=O)[O-])cc1. The zero-order chi connectivity index (χ0) is 19.7. The van der Waals surface area contributed by atoms with E-state index in [2.05, 4.69) is 5.16 Å². The highest BCUT2D eigenvalue weighted by Crippen LogP contribution is 2.08. The zero-order valence-electron chi connectivity index (χ0n) is 14.8. The van der Waals surface area contributed by atoms with E-state index in [9.17, 15) is 13.0 Å². The average Bonchev–Trinajstić information content (AvgIpc) is 2.60. The molecule has 0 aromatic heterocycles. The van der Waals surface area contributed by atoms with Gasteiger partial charge < -0.3 is 10.3 Å². The van der Waals surface area contributed by atoms with Crippen molar-refractivity contribution in [2.24, 2.45) is 16.6 Å². The van der Waals surface area contributed by atoms with Crippen LogP contribution in [0, 0.1) is 6.92 Å². The number of nitrogens with two attached hydrogens (primary N) is 2. The molecule has 0 amide bonds. The van der Waals surface area contributed by atoms with E-state index in [1.54, 1.807) is 30.8 Å². The first-order valence-corrected chi connectivity index (χ1v) is 8.90. The lowest BCUT2D eigenvalue weighted by molar-refractivity contribution is -0.475. The summed E-state index contributed by atoms with van der Waals surface area (Å²) in [7, 11) is -0.763. The lowest BCUT2D eigenvalue weighted by Gasteiger charge is -2.05. The third kappa shape index (κ3) is 7.32. The van der Waals surface area contributed by atoms with E-state index in [0.29, 0.717) is 5.84 Å². The molecule has 0 atom stereocenters. The number of aryl methyl sites for hydroxylation is 1. The van der Waals surface area contributed by atoms with E-state index in [1.807, 2.05) is 37.3 Å². The van der Waals surface area contributed by atoms with Crippen LogP contribution in [0.1, 0.15) is 11.1 Å². The lowest BCUT2D eigenvalue weighted by Crippen LogP contribution is -2.26. The molecule has 0 spiro atoms. The number of hydrogen-bond acceptors (Lipinski definition) is 5. The van der Waals surface area contributed by atoms with Crippen LogP contribution in [0.15, 0.2) is 64.6 Å². The maximum absolute atomic E-state index is 10.4. The molecule has 0 fully saturated rings. The van der Waals surface area contributed by atoms with E-state index in [0.717, 1.165) is 11.1 Å². The first-order chi connectivity index (χ1) is 12.1. The van der Waals surface area contributed by atoms with Gasteiger partial charge >= 0.3 is 6.02 Å². The van der Waals surface area contributed by atoms with Crippen molar-refractivity contribution < 1.29 is 22.4 Å². The topological polar surface area (TPSA) is 134 Å². The molecule has 0 aliphatic heterocycles. The molecule has 140 valence electrons. The van der Waals surface area contributed by atoms with Gasteiger partial charge in [-0.3, -0.25) is 10.6 Å². The molecule has 4 N–H and O–H groups in total. The quantitative estimate of drug-likeness (QED) is 0.267. The fourth-order valence-electron chi connectivity index (χ4n) is 1.54. The minimum absolute atomic E-state index is 0.178. The number of rotatable bonds is 3. The molecule has 2 aromatic carbocycles. The van der Waals surface area contributed by atoms with Crippen molar-refractivity contribution in [3.05, 3.63) is 65.7 Å². The highest BCUT2D eigenvalue weighted by atomic mass is 32.2. The van der Waals surface area contributed by atoms with Gasteiger partial charge in [-0.25, -0.2) is 13.0 Å². The summed E-state index contributed by atoms with van der Waals surface area (Å²) in [5, 5.41) is 3.71. The van der Waals surface area contributed by atoms with Gasteiger partial charge in [0, 0.05) is 5.56 Å². The van der Waals surface area contributed by atoms with Crippen LogP contribution in [0.2, 0.25) is 0 Å². The van der Waals surface area contributed by atoms with Crippen molar-refractivity contribution in [3.63, 3.8) is 0 Å². The molecular formula is C17H22N4O4S. The number of oxime groups is 1. The van der Waals surface area contributed by atoms with Gasteiger partial charge in [0.1, 0.15) is 10.1 Å². The van der Waals surface area contributed by atoms with Crippen LogP contribution in [0.25, 0.3) is 0 Å². The highest BCUT2D eigenvalue weighted by molar-refractivity contribution is 7.85. The van der Waals surface area contributed by atoms with Gasteiger partial charge in [0.25, 0.3) is 0 Å². The number of amidine groups is 2. The van der Waals surface area contributed by atoms with Gasteiger partial charge in [-0.05, 0) is 19.1 Å². The van der Waals surface area contributed by atoms with Crippen molar-refractivity contribution in [1.82, 2.24) is 0 Å². The molecule has 9 heteroatoms. The molecule has 0 bridgehead atoms. The molecular weight excluding hydrogens is 356 g/mol. The summed E-state index contributed by atoms with van der Waals surface area (Å²) in [5.41, 5.74) is 12.9. The fourth-order valence-corrected chi connectivity index (χ4v) is 2.01. The summed E-state index contributed by atoms with van der Waals surface area (Å²) in [5.74, 6) is 0.292. The molecule has 2 rings (SSSR count). The second-order valence-electron chi connectivity index (χ2n) is 5.43. The molecule has 26 heavy (non-hydrogen) atoms. The zero-order valence-corrected chi connectivity index (χ0v) is 15.6. The van der Waals surface area contributed by atoms with Gasteiger partial charge in [-0.2, -0.15) is 0 Å². The summed E-state index contributed by atoms with van der Waals surface area (Å²) >= 11 is 0. The maximum atomic E-state index is 10.4. The number of benzene rings is 2. The molecule has 0 aliphatic carbocycles. The average molecular weight is 378 g/mol. The minimum atomic E-state index is -4.27. The lowest BCUT2D eigenvalue weighted by atomic mass is 10.2. The first-order valence-electron chi connectivity index (χ1n) is 7.49. The van der Waals surface area contributed by atoms with Crippen LogP contribution in [-0.2, 0) is 15.0 Å². The van der Waals surface area contributed by atoms with Crippen LogP contribution in [-0.4, -0.2) is 43.5 Å². The second-order valence-corrected chi connectivity index (χ2v) is 6.81. The van der Waals surface area contributed by atoms with E-state index >= 15 is 0 Å². The fraction of sp³-hybridized carbons (Fsp3) is 0.176. The van der Waals surface area contributed by atoms with Crippen LogP contribution >= 0.6 is 0 Å². The summed E-state index contributed by atoms with van der Waals surface area (Å²) in [6.07, 6.45) is 0. The molecule has 0 heterocycles. The minimum Gasteiger partial charge on any atom is -0.744 e. The standard InChI is InChI=1S/C10H14N4O.C7H8O3S/c1-14(2)10(12)15-13-9(11)8-6-4-3-5-7-8;1-6-2-4-7(5-3-6)11(8,9)10/h3-7,12H,1-2H3,(H2,11,13);2-5H,1H3,(H,8,9,10). The Balaban J connectivity index is 0.000000273. The Morgan fingerprint density at radius 2 is 1.58 bits per heavy atom. The smallest absolute Gasteiger partial charge is 0.468 e. The maximum Gasteiger partial charge on any atom is 0.468 e. The molecule has 0 saturated heterocycles. The largest absolute Gasteiger partial charge is 0.744 e. The van der Waals surface area contributed by atoms with Crippen LogP contribution in [0.5, 0.6) is 0 Å². The summed E-state index contributed by atoms with van der Waals surface area (Å²) in [4.78, 5) is 4.73. The third-order valence-corrected chi connectivity index (χ3v) is 3.91. The van der Waals surface area contributed by atoms with Crippen LogP contribution in [0.4, 0.5) is 0 Å². The molecule has 0 radical (unpaired) electrons. The summed E-state index contributed by atoms with van der Waals surface area (Å²) < 4.78 is 32.8. The number of hydrogen-bond donors (Lipinski definition) is 2. The Morgan fingerprint density at radius 3 is 2.04 bits per heavy atom. The normalized spacial score (nSPS) is 11.2. The second kappa shape index (κ2) is 9.54.